The van der Waals surface area contributed by atoms with Crippen LogP contribution in [0.5, 0.6) is 11.5 Å². The molecule has 21 heavy (non-hydrogen) atoms. The van der Waals surface area contributed by atoms with E-state index in [9.17, 15) is 20.3 Å². The summed E-state index contributed by atoms with van der Waals surface area (Å²) < 4.78 is 0. The lowest BCUT2D eigenvalue weighted by atomic mass is 10.1. The maximum Gasteiger partial charge on any atom is 0.292 e. The number of aromatic hydroxyl groups is 2. The molecule has 6 heteroatoms. The summed E-state index contributed by atoms with van der Waals surface area (Å²) in [6, 6.07) is 8.71. The van der Waals surface area contributed by atoms with Gasteiger partial charge in [0, 0.05) is 17.7 Å². The van der Waals surface area contributed by atoms with Crippen molar-refractivity contribution in [1.29, 1.82) is 0 Å². The predicted molar refractivity (Wildman–Crippen MR) is 79.6 cm³/mol. The molecule has 0 fully saturated rings. The Morgan fingerprint density at radius 3 is 2.52 bits per heavy atom. The van der Waals surface area contributed by atoms with Crippen LogP contribution in [0.25, 0.3) is 0 Å². The zero-order valence-electron chi connectivity index (χ0n) is 11.7. The number of nitrogens with zero attached hydrogens (tertiary/aromatic N) is 1. The summed E-state index contributed by atoms with van der Waals surface area (Å²) in [7, 11) is 0. The van der Waals surface area contributed by atoms with Gasteiger partial charge in [-0.2, -0.15) is 0 Å². The molecule has 2 aromatic carbocycles. The minimum absolute atomic E-state index is 0.0225. The van der Waals surface area contributed by atoms with Crippen molar-refractivity contribution in [3.8, 4) is 11.5 Å². The minimum Gasteiger partial charge on any atom is -0.508 e. The normalized spacial score (nSPS) is 11.9. The van der Waals surface area contributed by atoms with Crippen molar-refractivity contribution in [1.82, 2.24) is 0 Å². The molecule has 0 heterocycles. The zero-order valence-corrected chi connectivity index (χ0v) is 11.7. The van der Waals surface area contributed by atoms with Gasteiger partial charge in [0.25, 0.3) is 5.69 Å². The monoisotopic (exact) mass is 288 g/mol. The lowest BCUT2D eigenvalue weighted by Crippen LogP contribution is -2.08. The molecule has 0 saturated heterocycles. The fourth-order valence-electron chi connectivity index (χ4n) is 2.13. The quantitative estimate of drug-likeness (QED) is 0.591. The van der Waals surface area contributed by atoms with Gasteiger partial charge in [-0.1, -0.05) is 6.07 Å². The Morgan fingerprint density at radius 1 is 1.19 bits per heavy atom. The van der Waals surface area contributed by atoms with Gasteiger partial charge in [-0.3, -0.25) is 10.1 Å². The number of nitro groups is 1. The van der Waals surface area contributed by atoms with E-state index in [0.29, 0.717) is 11.3 Å². The number of phenols is 2. The summed E-state index contributed by atoms with van der Waals surface area (Å²) >= 11 is 0. The van der Waals surface area contributed by atoms with Crippen molar-refractivity contribution in [2.45, 2.75) is 19.9 Å². The average Bonchev–Trinajstić information content (AvgIpc) is 2.37. The van der Waals surface area contributed by atoms with Gasteiger partial charge in [-0.25, -0.2) is 0 Å². The molecule has 0 spiro atoms. The molecule has 0 saturated carbocycles. The number of aryl methyl sites for hydroxylation is 1. The van der Waals surface area contributed by atoms with Gasteiger partial charge in [-0.15, -0.1) is 0 Å². The van der Waals surface area contributed by atoms with Gasteiger partial charge in [0.1, 0.15) is 17.2 Å². The molecular weight excluding hydrogens is 272 g/mol. The van der Waals surface area contributed by atoms with Crippen LogP contribution in [0.4, 0.5) is 11.4 Å². The number of phenolic OH excluding ortho intramolecular Hbond substituents is 2. The van der Waals surface area contributed by atoms with E-state index >= 15 is 0 Å². The molecule has 0 aliphatic heterocycles. The number of benzene rings is 2. The molecule has 2 aromatic rings. The second-order valence-electron chi connectivity index (χ2n) is 4.89. The topological polar surface area (TPSA) is 95.6 Å². The molecule has 0 aliphatic rings. The standard InChI is InChI=1S/C15H16N2O4/c1-9-3-6-14(17(20)21)13(7-9)16-10(2)12-5-4-11(18)8-15(12)19/h3-8,10,16,18-19H,1-2H3. The van der Waals surface area contributed by atoms with Gasteiger partial charge in [0.2, 0.25) is 0 Å². The van der Waals surface area contributed by atoms with Gasteiger partial charge in [0.05, 0.1) is 11.0 Å². The number of anilines is 1. The third-order valence-electron chi connectivity index (χ3n) is 3.20. The highest BCUT2D eigenvalue weighted by Gasteiger charge is 2.17. The first-order chi connectivity index (χ1) is 9.88. The van der Waals surface area contributed by atoms with Crippen molar-refractivity contribution in [2.75, 3.05) is 5.32 Å². The summed E-state index contributed by atoms with van der Waals surface area (Å²) in [5, 5.41) is 33.2. The number of nitro benzene ring substituents is 1. The van der Waals surface area contributed by atoms with E-state index in [2.05, 4.69) is 5.32 Å². The number of hydrogen-bond acceptors (Lipinski definition) is 5. The van der Waals surface area contributed by atoms with E-state index in [1.807, 2.05) is 6.92 Å². The number of rotatable bonds is 4. The Kier molecular flexibility index (Phi) is 3.98. The maximum atomic E-state index is 11.0. The van der Waals surface area contributed by atoms with E-state index in [4.69, 9.17) is 0 Å². The van der Waals surface area contributed by atoms with Crippen LogP contribution in [-0.4, -0.2) is 15.1 Å². The van der Waals surface area contributed by atoms with Crippen LogP contribution in [0.1, 0.15) is 24.1 Å². The molecule has 0 amide bonds. The number of hydrogen-bond donors (Lipinski definition) is 3. The lowest BCUT2D eigenvalue weighted by Gasteiger charge is -2.17. The molecule has 0 aliphatic carbocycles. The summed E-state index contributed by atoms with van der Waals surface area (Å²) in [5.41, 5.74) is 1.81. The van der Waals surface area contributed by atoms with Gasteiger partial charge in [0.15, 0.2) is 0 Å². The molecule has 2 rings (SSSR count). The third kappa shape index (κ3) is 3.22. The van der Waals surface area contributed by atoms with Crippen LogP contribution in [0.3, 0.4) is 0 Å². The highest BCUT2D eigenvalue weighted by Crippen LogP contribution is 2.33. The fraction of sp³-hybridized carbons (Fsp3) is 0.200. The van der Waals surface area contributed by atoms with Gasteiger partial charge < -0.3 is 15.5 Å². The lowest BCUT2D eigenvalue weighted by molar-refractivity contribution is -0.384. The van der Waals surface area contributed by atoms with Crippen LogP contribution in [0, 0.1) is 17.0 Å². The highest BCUT2D eigenvalue weighted by atomic mass is 16.6. The van der Waals surface area contributed by atoms with Crippen LogP contribution in [0.15, 0.2) is 36.4 Å². The minimum atomic E-state index is -0.453. The summed E-state index contributed by atoms with van der Waals surface area (Å²) in [6.07, 6.45) is 0. The average molecular weight is 288 g/mol. The molecule has 6 nitrogen and oxygen atoms in total. The number of nitrogens with one attached hydrogen (secondary N) is 1. The summed E-state index contributed by atoms with van der Waals surface area (Å²) in [5.74, 6) is -0.102. The van der Waals surface area contributed by atoms with Crippen LogP contribution in [0.2, 0.25) is 0 Å². The van der Waals surface area contributed by atoms with Crippen molar-refractivity contribution in [3.05, 3.63) is 57.6 Å². The van der Waals surface area contributed by atoms with Crippen molar-refractivity contribution < 1.29 is 15.1 Å². The third-order valence-corrected chi connectivity index (χ3v) is 3.20. The maximum absolute atomic E-state index is 11.0. The Balaban J connectivity index is 2.33. The summed E-state index contributed by atoms with van der Waals surface area (Å²) in [4.78, 5) is 10.6. The van der Waals surface area contributed by atoms with E-state index in [-0.39, 0.29) is 23.2 Å². The molecule has 3 N–H and O–H groups in total. The largest absolute Gasteiger partial charge is 0.508 e. The molecule has 0 aromatic heterocycles. The zero-order chi connectivity index (χ0) is 15.6. The highest BCUT2D eigenvalue weighted by molar-refractivity contribution is 5.64. The van der Waals surface area contributed by atoms with Crippen molar-refractivity contribution in [2.24, 2.45) is 0 Å². The van der Waals surface area contributed by atoms with Crippen molar-refractivity contribution >= 4 is 11.4 Å². The van der Waals surface area contributed by atoms with Crippen molar-refractivity contribution in [3.63, 3.8) is 0 Å². The molecule has 0 bridgehead atoms. The fourth-order valence-corrected chi connectivity index (χ4v) is 2.13. The van der Waals surface area contributed by atoms with E-state index in [1.54, 1.807) is 25.1 Å². The van der Waals surface area contributed by atoms with Gasteiger partial charge >= 0.3 is 0 Å². The first-order valence-corrected chi connectivity index (χ1v) is 6.42. The van der Waals surface area contributed by atoms with Crippen LogP contribution in [-0.2, 0) is 0 Å². The van der Waals surface area contributed by atoms with E-state index in [1.165, 1.54) is 18.2 Å². The Labute approximate surface area is 121 Å². The first kappa shape index (κ1) is 14.6. The predicted octanol–water partition coefficient (Wildman–Crippen LogP) is 3.49. The smallest absolute Gasteiger partial charge is 0.292 e. The Hall–Kier alpha value is -2.76. The van der Waals surface area contributed by atoms with E-state index in [0.717, 1.165) is 5.56 Å². The van der Waals surface area contributed by atoms with Gasteiger partial charge in [-0.05, 0) is 37.6 Å². The molecule has 1 atom stereocenters. The molecular formula is C15H16N2O4. The SMILES string of the molecule is Cc1ccc([N+](=O)[O-])c(NC(C)c2ccc(O)cc2O)c1. The van der Waals surface area contributed by atoms with Crippen LogP contribution < -0.4 is 5.32 Å². The van der Waals surface area contributed by atoms with E-state index < -0.39 is 4.92 Å². The first-order valence-electron chi connectivity index (χ1n) is 6.42. The Morgan fingerprint density at radius 2 is 1.90 bits per heavy atom. The molecule has 0 radical (unpaired) electrons. The molecule has 110 valence electrons. The second-order valence-corrected chi connectivity index (χ2v) is 4.89. The molecule has 1 unspecified atom stereocenters. The summed E-state index contributed by atoms with van der Waals surface area (Å²) in [6.45, 7) is 3.62. The Bertz CT molecular complexity index is 685. The van der Waals surface area contributed by atoms with Crippen LogP contribution >= 0.6 is 0 Å². The second kappa shape index (κ2) is 5.70.